The highest BCUT2D eigenvalue weighted by molar-refractivity contribution is 5.89. The molecule has 1 rings (SSSR count). The molecule has 0 spiro atoms. The summed E-state index contributed by atoms with van der Waals surface area (Å²) in [4.78, 5) is 11.1. The Morgan fingerprint density at radius 3 is 1.36 bits per heavy atom. The minimum atomic E-state index is -1.78. The summed E-state index contributed by atoms with van der Waals surface area (Å²) in [7, 11) is 0. The van der Waals surface area contributed by atoms with E-state index in [1.54, 1.807) is 24.3 Å². The van der Waals surface area contributed by atoms with Crippen LogP contribution < -0.4 is 0 Å². The van der Waals surface area contributed by atoms with Gasteiger partial charge >= 0.3 is 0 Å². The zero-order valence-corrected chi connectivity index (χ0v) is 7.27. The molecule has 14 heavy (non-hydrogen) atoms. The molecule has 0 aromatic heterocycles. The molecule has 1 aliphatic rings. The normalized spacial score (nSPS) is 20.6. The first kappa shape index (κ1) is 9.72. The highest BCUT2D eigenvalue weighted by Crippen LogP contribution is 2.68. The van der Waals surface area contributed by atoms with Crippen LogP contribution in [0.15, 0.2) is 0 Å². The second-order valence-electron chi connectivity index (χ2n) is 3.11. The van der Waals surface area contributed by atoms with E-state index in [0.717, 1.165) is 0 Å². The summed E-state index contributed by atoms with van der Waals surface area (Å²) < 4.78 is 0. The van der Waals surface area contributed by atoms with E-state index in [-0.39, 0.29) is 0 Å². The lowest BCUT2D eigenvalue weighted by Crippen LogP contribution is -2.05. The summed E-state index contributed by atoms with van der Waals surface area (Å²) >= 11 is 0. The van der Waals surface area contributed by atoms with Gasteiger partial charge in [-0.1, -0.05) is 0 Å². The number of carbonyl (C=O) groups excluding carboxylic acids is 1. The predicted octanol–water partition coefficient (Wildman–Crippen LogP) is 0.272. The van der Waals surface area contributed by atoms with Gasteiger partial charge in [0.05, 0.1) is 30.2 Å². The van der Waals surface area contributed by atoms with Crippen LogP contribution in [-0.2, 0) is 4.79 Å². The van der Waals surface area contributed by atoms with Gasteiger partial charge in [0.25, 0.3) is 0 Å². The van der Waals surface area contributed by atoms with Gasteiger partial charge in [0.2, 0.25) is 0 Å². The highest BCUT2D eigenvalue weighted by Gasteiger charge is 2.83. The zero-order valence-electron chi connectivity index (χ0n) is 7.27. The van der Waals surface area contributed by atoms with Crippen LogP contribution in [0.5, 0.6) is 0 Å². The third kappa shape index (κ3) is 0.674. The molecule has 1 fully saturated rings. The Kier molecular flexibility index (Phi) is 1.78. The molecular formula is C9H4N4O. The number of nitrogens with zero attached hydrogens (tertiary/aromatic N) is 4. The Morgan fingerprint density at radius 2 is 1.29 bits per heavy atom. The largest absolute Gasteiger partial charge is 0.300 e. The van der Waals surface area contributed by atoms with Crippen LogP contribution in [0.1, 0.15) is 6.92 Å². The van der Waals surface area contributed by atoms with E-state index in [4.69, 9.17) is 21.0 Å². The van der Waals surface area contributed by atoms with Crippen molar-refractivity contribution in [1.29, 1.82) is 21.0 Å². The molecule has 1 aliphatic carbocycles. The molecule has 0 bridgehead atoms. The maximum atomic E-state index is 11.1. The molecule has 0 saturated heterocycles. The molecule has 1 saturated carbocycles. The van der Waals surface area contributed by atoms with Crippen LogP contribution in [0.3, 0.4) is 0 Å². The Morgan fingerprint density at radius 1 is 1.00 bits per heavy atom. The van der Waals surface area contributed by atoms with Gasteiger partial charge in [0.1, 0.15) is 5.78 Å². The molecule has 66 valence electrons. The third-order valence-corrected chi connectivity index (χ3v) is 2.52. The number of nitriles is 4. The topological polar surface area (TPSA) is 112 Å². The Hall–Kier alpha value is -2.37. The van der Waals surface area contributed by atoms with Gasteiger partial charge < -0.3 is 0 Å². The monoisotopic (exact) mass is 184 g/mol. The van der Waals surface area contributed by atoms with E-state index < -0.39 is 22.5 Å². The Bertz CT molecular complexity index is 399. The Labute approximate surface area is 80.4 Å². The molecule has 0 aliphatic heterocycles. The van der Waals surface area contributed by atoms with E-state index >= 15 is 0 Å². The van der Waals surface area contributed by atoms with E-state index in [0.29, 0.717) is 0 Å². The number of Topliss-reactive ketones (excluding diaryl/α,β-unsaturated/α-hetero) is 1. The molecular weight excluding hydrogens is 180 g/mol. The van der Waals surface area contributed by atoms with Gasteiger partial charge in [0, 0.05) is 0 Å². The van der Waals surface area contributed by atoms with Gasteiger partial charge in [-0.25, -0.2) is 0 Å². The second kappa shape index (κ2) is 2.56. The average Bonchev–Trinajstić information content (AvgIpc) is 2.81. The van der Waals surface area contributed by atoms with Crippen molar-refractivity contribution < 1.29 is 4.79 Å². The van der Waals surface area contributed by atoms with Crippen molar-refractivity contribution in [2.24, 2.45) is 16.7 Å². The van der Waals surface area contributed by atoms with E-state index in [2.05, 4.69) is 0 Å². The van der Waals surface area contributed by atoms with Crippen LogP contribution >= 0.6 is 0 Å². The van der Waals surface area contributed by atoms with Crippen LogP contribution in [0.2, 0.25) is 0 Å². The van der Waals surface area contributed by atoms with Gasteiger partial charge in [0.15, 0.2) is 10.8 Å². The first-order valence-electron chi connectivity index (χ1n) is 3.71. The van der Waals surface area contributed by atoms with Crippen LogP contribution in [0.4, 0.5) is 0 Å². The zero-order chi connectivity index (χ0) is 11.0. The summed E-state index contributed by atoms with van der Waals surface area (Å²) in [5.74, 6) is -1.57. The number of rotatable bonds is 1. The lowest BCUT2D eigenvalue weighted by Gasteiger charge is -1.92. The van der Waals surface area contributed by atoms with Crippen LogP contribution in [-0.4, -0.2) is 5.78 Å². The summed E-state index contributed by atoms with van der Waals surface area (Å²) in [6.07, 6.45) is 0. The lowest BCUT2D eigenvalue weighted by molar-refractivity contribution is -0.118. The number of ketones is 1. The SMILES string of the molecule is CC(=O)C1C(C#N)(C#N)C1(C#N)C#N. The first-order valence-corrected chi connectivity index (χ1v) is 3.71. The van der Waals surface area contributed by atoms with Crippen molar-refractivity contribution in [1.82, 2.24) is 0 Å². The van der Waals surface area contributed by atoms with Crippen LogP contribution in [0, 0.1) is 62.1 Å². The second-order valence-corrected chi connectivity index (χ2v) is 3.11. The average molecular weight is 184 g/mol. The minimum Gasteiger partial charge on any atom is -0.300 e. The maximum Gasteiger partial charge on any atom is 0.188 e. The standard InChI is InChI=1S/C9H4N4O/c1-6(14)7-8(2-10,3-11)9(7,4-12)5-13/h7H,1H3. The Balaban J connectivity index is 3.38. The molecule has 0 radical (unpaired) electrons. The number of hydrogen-bond donors (Lipinski definition) is 0. The van der Waals surface area contributed by atoms with Crippen molar-refractivity contribution in [3.63, 3.8) is 0 Å². The van der Waals surface area contributed by atoms with Crippen molar-refractivity contribution in [3.05, 3.63) is 0 Å². The number of hydrogen-bond acceptors (Lipinski definition) is 5. The highest BCUT2D eigenvalue weighted by atomic mass is 16.1. The van der Waals surface area contributed by atoms with Crippen molar-refractivity contribution in [3.8, 4) is 24.3 Å². The smallest absolute Gasteiger partial charge is 0.188 e. The molecule has 5 heteroatoms. The molecule has 0 heterocycles. The summed E-state index contributed by atoms with van der Waals surface area (Å²) in [6, 6.07) is 6.40. The fourth-order valence-electron chi connectivity index (χ4n) is 1.75. The maximum absolute atomic E-state index is 11.1. The fraction of sp³-hybridized carbons (Fsp3) is 0.444. The minimum absolute atomic E-state index is 0.476. The quantitative estimate of drug-likeness (QED) is 0.580. The van der Waals surface area contributed by atoms with Crippen molar-refractivity contribution in [2.45, 2.75) is 6.92 Å². The molecule has 0 N–H and O–H groups in total. The van der Waals surface area contributed by atoms with E-state index in [1.165, 1.54) is 6.92 Å². The fourth-order valence-corrected chi connectivity index (χ4v) is 1.75. The molecule has 0 aromatic carbocycles. The number of carbonyl (C=O) groups is 1. The molecule has 0 amide bonds. The van der Waals surface area contributed by atoms with Crippen molar-refractivity contribution in [2.75, 3.05) is 0 Å². The van der Waals surface area contributed by atoms with Gasteiger partial charge in [-0.05, 0) is 6.92 Å². The predicted molar refractivity (Wildman–Crippen MR) is 41.5 cm³/mol. The molecule has 0 unspecified atom stereocenters. The van der Waals surface area contributed by atoms with Gasteiger partial charge in [-0.2, -0.15) is 21.0 Å². The third-order valence-electron chi connectivity index (χ3n) is 2.52. The summed E-state index contributed by atoms with van der Waals surface area (Å²) in [6.45, 7) is 1.17. The summed E-state index contributed by atoms with van der Waals surface area (Å²) in [5, 5.41) is 35.0. The summed E-state index contributed by atoms with van der Waals surface area (Å²) in [5.41, 5.74) is -3.55. The van der Waals surface area contributed by atoms with Gasteiger partial charge in [-0.3, -0.25) is 4.79 Å². The first-order chi connectivity index (χ1) is 6.56. The van der Waals surface area contributed by atoms with Crippen LogP contribution in [0.25, 0.3) is 0 Å². The molecule has 0 atom stereocenters. The molecule has 5 nitrogen and oxygen atoms in total. The van der Waals surface area contributed by atoms with E-state index in [1.807, 2.05) is 0 Å². The van der Waals surface area contributed by atoms with E-state index in [9.17, 15) is 4.79 Å². The van der Waals surface area contributed by atoms with Crippen molar-refractivity contribution >= 4 is 5.78 Å². The molecule has 0 aromatic rings. The van der Waals surface area contributed by atoms with Gasteiger partial charge in [-0.15, -0.1) is 0 Å². The lowest BCUT2D eigenvalue weighted by atomic mass is 9.98.